The smallest absolute Gasteiger partial charge is 0.475 e. The highest BCUT2D eigenvalue weighted by molar-refractivity contribution is 6.43. The van der Waals surface area contributed by atoms with E-state index in [-0.39, 0.29) is 23.1 Å². The van der Waals surface area contributed by atoms with Gasteiger partial charge in [-0.15, -0.1) is 0 Å². The summed E-state index contributed by atoms with van der Waals surface area (Å²) >= 11 is 0. The second kappa shape index (κ2) is 7.58. The van der Waals surface area contributed by atoms with Crippen LogP contribution in [0.4, 0.5) is 0 Å². The third-order valence-electron chi connectivity index (χ3n) is 3.41. The van der Waals surface area contributed by atoms with Gasteiger partial charge in [-0.1, -0.05) is 12.1 Å². The van der Waals surface area contributed by atoms with Crippen molar-refractivity contribution in [3.63, 3.8) is 0 Å². The Bertz CT molecular complexity index is 738. The molecule has 1 aromatic carbocycles. The number of phenols is 1. The van der Waals surface area contributed by atoms with Gasteiger partial charge in [0.2, 0.25) is 0 Å². The maximum absolute atomic E-state index is 12.1. The van der Waals surface area contributed by atoms with E-state index in [1.54, 1.807) is 0 Å². The van der Waals surface area contributed by atoms with E-state index in [2.05, 4.69) is 10.3 Å². The fraction of sp³-hybridized carbons (Fsp3) is 0.133. The van der Waals surface area contributed by atoms with E-state index in [1.165, 1.54) is 42.7 Å². The van der Waals surface area contributed by atoms with Crippen LogP contribution in [0.3, 0.4) is 0 Å². The highest BCUT2D eigenvalue weighted by Crippen LogP contribution is 2.24. The lowest BCUT2D eigenvalue weighted by molar-refractivity contribution is 0.0693. The zero-order valence-electron chi connectivity index (χ0n) is 12.5. The number of para-hydroxylation sites is 1. The van der Waals surface area contributed by atoms with E-state index in [1.807, 2.05) is 0 Å². The van der Waals surface area contributed by atoms with Crippen molar-refractivity contribution in [2.45, 2.75) is 12.4 Å². The zero-order chi connectivity index (χ0) is 17.7. The second-order valence-corrected chi connectivity index (χ2v) is 5.05. The molecule has 2 rings (SSSR count). The molecule has 0 aliphatic rings. The molecule has 0 spiro atoms. The first-order chi connectivity index (χ1) is 11.4. The molecule has 0 saturated heterocycles. The number of hydrogen-bond acceptors (Lipinski definition) is 6. The molecule has 0 aliphatic carbocycles. The number of carboxylic acids is 1. The standard InChI is InChI=1S/C15H15BN2O6/c19-13-10(2-1-3-11(13)15(21)22)8-12(16(23)24)18-14(20)9-4-6-17-7-5-9/h1-7,12,19,23-24H,8H2,(H,18,20)(H,21,22). The maximum Gasteiger partial charge on any atom is 0.475 e. The largest absolute Gasteiger partial charge is 0.507 e. The Morgan fingerprint density at radius 3 is 2.42 bits per heavy atom. The number of hydrogen-bond donors (Lipinski definition) is 5. The van der Waals surface area contributed by atoms with Gasteiger partial charge in [0.25, 0.3) is 5.91 Å². The number of pyridine rings is 1. The summed E-state index contributed by atoms with van der Waals surface area (Å²) in [7, 11) is -1.90. The molecule has 0 bridgehead atoms. The van der Waals surface area contributed by atoms with Crippen molar-refractivity contribution in [3.05, 3.63) is 59.4 Å². The molecule has 124 valence electrons. The summed E-state index contributed by atoms with van der Waals surface area (Å²) < 4.78 is 0. The van der Waals surface area contributed by atoms with E-state index < -0.39 is 30.7 Å². The summed E-state index contributed by atoms with van der Waals surface area (Å²) in [5, 5.41) is 40.3. The molecule has 8 nitrogen and oxygen atoms in total. The molecular weight excluding hydrogens is 315 g/mol. The first-order valence-corrected chi connectivity index (χ1v) is 7.01. The van der Waals surface area contributed by atoms with Crippen LogP contribution in [0.15, 0.2) is 42.7 Å². The van der Waals surface area contributed by atoms with Gasteiger partial charge in [-0.05, 0) is 30.2 Å². The molecular formula is C15H15BN2O6. The molecule has 1 heterocycles. The van der Waals surface area contributed by atoms with Gasteiger partial charge in [-0.3, -0.25) is 9.78 Å². The molecule has 1 atom stereocenters. The number of carbonyl (C=O) groups excluding carboxylic acids is 1. The highest BCUT2D eigenvalue weighted by atomic mass is 16.4. The van der Waals surface area contributed by atoms with Crippen LogP contribution in [0.25, 0.3) is 0 Å². The molecule has 5 N–H and O–H groups in total. The SMILES string of the molecule is O=C(NC(Cc1cccc(C(=O)O)c1O)B(O)O)c1ccncc1. The van der Waals surface area contributed by atoms with Crippen LogP contribution in [0, 0.1) is 0 Å². The van der Waals surface area contributed by atoms with E-state index in [9.17, 15) is 24.7 Å². The Kier molecular flexibility index (Phi) is 5.51. The fourth-order valence-electron chi connectivity index (χ4n) is 2.15. The summed E-state index contributed by atoms with van der Waals surface area (Å²) in [6.07, 6.45) is 2.67. The summed E-state index contributed by atoms with van der Waals surface area (Å²) in [5.41, 5.74) is 0.140. The van der Waals surface area contributed by atoms with Crippen LogP contribution < -0.4 is 5.32 Å². The Morgan fingerprint density at radius 1 is 1.17 bits per heavy atom. The Morgan fingerprint density at radius 2 is 1.83 bits per heavy atom. The van der Waals surface area contributed by atoms with Crippen LogP contribution in [0.1, 0.15) is 26.3 Å². The van der Waals surface area contributed by atoms with Crippen LogP contribution in [0.5, 0.6) is 5.75 Å². The molecule has 0 aliphatic heterocycles. The Hall–Kier alpha value is -2.91. The molecule has 9 heteroatoms. The first kappa shape index (κ1) is 17.4. The van der Waals surface area contributed by atoms with Crippen LogP contribution >= 0.6 is 0 Å². The summed E-state index contributed by atoms with van der Waals surface area (Å²) in [4.78, 5) is 26.9. The third kappa shape index (κ3) is 4.09. The summed E-state index contributed by atoms with van der Waals surface area (Å²) in [5.74, 6) is -3.48. The van der Waals surface area contributed by atoms with Crippen LogP contribution in [-0.2, 0) is 6.42 Å². The van der Waals surface area contributed by atoms with Gasteiger partial charge in [-0.25, -0.2) is 4.79 Å². The minimum absolute atomic E-state index is 0.165. The predicted molar refractivity (Wildman–Crippen MR) is 84.5 cm³/mol. The Balaban J connectivity index is 2.19. The van der Waals surface area contributed by atoms with Gasteiger partial charge in [0.1, 0.15) is 11.3 Å². The van der Waals surface area contributed by atoms with Gasteiger partial charge in [0, 0.05) is 18.0 Å². The van der Waals surface area contributed by atoms with E-state index >= 15 is 0 Å². The molecule has 0 fully saturated rings. The van der Waals surface area contributed by atoms with Crippen molar-refractivity contribution in [1.29, 1.82) is 0 Å². The van der Waals surface area contributed by atoms with Gasteiger partial charge < -0.3 is 25.6 Å². The van der Waals surface area contributed by atoms with E-state index in [4.69, 9.17) is 5.11 Å². The normalized spacial score (nSPS) is 11.6. The minimum Gasteiger partial charge on any atom is -0.507 e. The minimum atomic E-state index is -1.90. The predicted octanol–water partition coefficient (Wildman–Crippen LogP) is -0.162. The van der Waals surface area contributed by atoms with Crippen molar-refractivity contribution in [2.24, 2.45) is 0 Å². The van der Waals surface area contributed by atoms with Crippen molar-refractivity contribution in [3.8, 4) is 5.75 Å². The molecule has 1 unspecified atom stereocenters. The fourth-order valence-corrected chi connectivity index (χ4v) is 2.15. The number of carbonyl (C=O) groups is 2. The lowest BCUT2D eigenvalue weighted by Gasteiger charge is -2.19. The molecule has 0 saturated carbocycles. The molecule has 1 amide bonds. The quantitative estimate of drug-likeness (QED) is 0.464. The van der Waals surface area contributed by atoms with E-state index in [0.29, 0.717) is 0 Å². The van der Waals surface area contributed by atoms with Crippen molar-refractivity contribution < 1.29 is 29.9 Å². The highest BCUT2D eigenvalue weighted by Gasteiger charge is 2.27. The lowest BCUT2D eigenvalue weighted by atomic mass is 9.75. The van der Waals surface area contributed by atoms with E-state index in [0.717, 1.165) is 0 Å². The number of nitrogens with one attached hydrogen (secondary N) is 1. The number of aromatic hydroxyl groups is 1. The van der Waals surface area contributed by atoms with Crippen molar-refractivity contribution in [2.75, 3.05) is 0 Å². The summed E-state index contributed by atoms with van der Waals surface area (Å²) in [6.45, 7) is 0. The second-order valence-electron chi connectivity index (χ2n) is 5.05. The molecule has 1 aromatic heterocycles. The average Bonchev–Trinajstić information content (AvgIpc) is 2.56. The molecule has 0 radical (unpaired) electrons. The topological polar surface area (TPSA) is 140 Å². The summed E-state index contributed by atoms with van der Waals surface area (Å²) in [6, 6.07) is 7.00. The zero-order valence-corrected chi connectivity index (χ0v) is 12.5. The van der Waals surface area contributed by atoms with Crippen LogP contribution in [0.2, 0.25) is 0 Å². The van der Waals surface area contributed by atoms with Gasteiger partial charge >= 0.3 is 13.1 Å². The number of aromatic carboxylic acids is 1. The van der Waals surface area contributed by atoms with Crippen LogP contribution in [-0.4, -0.2) is 50.2 Å². The number of carboxylic acid groups (broad SMARTS) is 1. The molecule has 24 heavy (non-hydrogen) atoms. The van der Waals surface area contributed by atoms with Gasteiger partial charge in [-0.2, -0.15) is 0 Å². The number of nitrogens with zero attached hydrogens (tertiary/aromatic N) is 1. The van der Waals surface area contributed by atoms with Gasteiger partial charge in [0.15, 0.2) is 0 Å². The number of benzene rings is 1. The first-order valence-electron chi connectivity index (χ1n) is 7.01. The average molecular weight is 330 g/mol. The third-order valence-corrected chi connectivity index (χ3v) is 3.41. The lowest BCUT2D eigenvalue weighted by Crippen LogP contribution is -2.47. The number of aromatic nitrogens is 1. The number of amides is 1. The monoisotopic (exact) mass is 330 g/mol. The Labute approximate surface area is 137 Å². The molecule has 2 aromatic rings. The maximum atomic E-state index is 12.1. The van der Waals surface area contributed by atoms with Crippen molar-refractivity contribution in [1.82, 2.24) is 10.3 Å². The number of rotatable bonds is 6. The van der Waals surface area contributed by atoms with Crippen molar-refractivity contribution >= 4 is 19.0 Å². The van der Waals surface area contributed by atoms with Gasteiger partial charge in [0.05, 0.1) is 5.94 Å².